The molecule has 3 N–H and O–H groups in total. The summed E-state index contributed by atoms with van der Waals surface area (Å²) in [4.78, 5) is 11.5. The molecule has 0 fully saturated rings. The molecule has 0 aliphatic heterocycles. The molecule has 7 heteroatoms. The Labute approximate surface area is 106 Å². The van der Waals surface area contributed by atoms with E-state index in [1.54, 1.807) is 12.3 Å². The topological polar surface area (TPSA) is 95.1 Å². The van der Waals surface area contributed by atoms with Crippen LogP contribution in [0.15, 0.2) is 18.9 Å². The first kappa shape index (κ1) is 14.3. The molecule has 100 valence electrons. The van der Waals surface area contributed by atoms with Gasteiger partial charge in [-0.15, -0.1) is 11.7 Å². The lowest BCUT2D eigenvalue weighted by Crippen LogP contribution is -2.30. The number of aromatic nitrogens is 3. The van der Waals surface area contributed by atoms with Gasteiger partial charge < -0.3 is 15.8 Å². The molecule has 0 spiro atoms. The molecule has 0 unspecified atom stereocenters. The van der Waals surface area contributed by atoms with Crippen molar-refractivity contribution in [3.8, 4) is 0 Å². The Morgan fingerprint density at radius 1 is 1.61 bits per heavy atom. The molecule has 0 aromatic carbocycles. The molecule has 0 aliphatic carbocycles. The van der Waals surface area contributed by atoms with Gasteiger partial charge in [0.2, 0.25) is 5.91 Å². The van der Waals surface area contributed by atoms with Crippen molar-refractivity contribution in [2.45, 2.75) is 19.5 Å². The van der Waals surface area contributed by atoms with Crippen LogP contribution >= 0.6 is 0 Å². The first-order valence-corrected chi connectivity index (χ1v) is 5.80. The molecule has 18 heavy (non-hydrogen) atoms. The maximum atomic E-state index is 11.5. The van der Waals surface area contributed by atoms with Crippen molar-refractivity contribution in [2.75, 3.05) is 19.8 Å². The lowest BCUT2D eigenvalue weighted by Gasteiger charge is -2.05. The molecule has 0 saturated carbocycles. The van der Waals surface area contributed by atoms with Crippen LogP contribution < -0.4 is 11.1 Å². The number of nitrogens with two attached hydrogens (primary N) is 1. The Morgan fingerprint density at radius 2 is 2.44 bits per heavy atom. The molecule has 0 bridgehead atoms. The second kappa shape index (κ2) is 8.37. The van der Waals surface area contributed by atoms with Crippen LogP contribution in [0.4, 0.5) is 0 Å². The third-order valence-electron chi connectivity index (χ3n) is 2.14. The highest BCUT2D eigenvalue weighted by Crippen LogP contribution is 1.90. The summed E-state index contributed by atoms with van der Waals surface area (Å²) in [5.74, 6) is -0.129. The number of nitrogens with one attached hydrogen (secondary N) is 1. The van der Waals surface area contributed by atoms with Crippen LogP contribution in [-0.2, 0) is 22.6 Å². The number of amides is 1. The van der Waals surface area contributed by atoms with Crippen molar-refractivity contribution in [3.63, 3.8) is 0 Å². The minimum absolute atomic E-state index is 0.129. The summed E-state index contributed by atoms with van der Waals surface area (Å²) in [6.07, 6.45) is 4.26. The van der Waals surface area contributed by atoms with Gasteiger partial charge in [-0.2, -0.15) is 0 Å². The van der Waals surface area contributed by atoms with Gasteiger partial charge in [0.15, 0.2) is 0 Å². The second-order valence-electron chi connectivity index (χ2n) is 3.65. The maximum absolute atomic E-state index is 11.5. The smallest absolute Gasteiger partial charge is 0.241 e. The average molecular weight is 253 g/mol. The normalized spacial score (nSPS) is 10.3. The number of carbonyl (C=O) groups is 1. The highest BCUT2D eigenvalue weighted by Gasteiger charge is 2.04. The summed E-state index contributed by atoms with van der Waals surface area (Å²) in [5, 5.41) is 10.3. The van der Waals surface area contributed by atoms with Crippen molar-refractivity contribution in [1.82, 2.24) is 20.3 Å². The highest BCUT2D eigenvalue weighted by molar-refractivity contribution is 5.75. The van der Waals surface area contributed by atoms with Crippen molar-refractivity contribution >= 4 is 5.91 Å². The molecule has 0 radical (unpaired) electrons. The van der Waals surface area contributed by atoms with Gasteiger partial charge in [-0.3, -0.25) is 4.79 Å². The fraction of sp³-hybridized carbons (Fsp3) is 0.545. The number of hydrogen-bond donors (Lipinski definition) is 2. The predicted octanol–water partition coefficient (Wildman–Crippen LogP) is -0.554. The summed E-state index contributed by atoms with van der Waals surface area (Å²) in [7, 11) is 0. The largest absolute Gasteiger partial charge is 0.379 e. The van der Waals surface area contributed by atoms with Crippen molar-refractivity contribution in [2.24, 2.45) is 5.73 Å². The number of hydrogen-bond acceptors (Lipinski definition) is 5. The van der Waals surface area contributed by atoms with Crippen molar-refractivity contribution in [3.05, 3.63) is 24.5 Å². The van der Waals surface area contributed by atoms with E-state index in [-0.39, 0.29) is 12.5 Å². The van der Waals surface area contributed by atoms with Crippen LogP contribution in [0.3, 0.4) is 0 Å². The van der Waals surface area contributed by atoms with E-state index in [1.165, 1.54) is 4.68 Å². The van der Waals surface area contributed by atoms with E-state index in [1.807, 2.05) is 0 Å². The van der Waals surface area contributed by atoms with Crippen LogP contribution in [-0.4, -0.2) is 40.7 Å². The summed E-state index contributed by atoms with van der Waals surface area (Å²) in [6, 6.07) is 0. The number of carbonyl (C=O) groups excluding carboxylic acids is 1. The van der Waals surface area contributed by atoms with Gasteiger partial charge in [-0.05, 0) is 6.42 Å². The van der Waals surface area contributed by atoms with Crippen LogP contribution in [0.2, 0.25) is 0 Å². The van der Waals surface area contributed by atoms with Gasteiger partial charge in [0.1, 0.15) is 6.54 Å². The summed E-state index contributed by atoms with van der Waals surface area (Å²) >= 11 is 0. The molecule has 1 rings (SSSR count). The fourth-order valence-corrected chi connectivity index (χ4v) is 1.24. The predicted molar refractivity (Wildman–Crippen MR) is 66.6 cm³/mol. The SMILES string of the molecule is C=CCCOCCNC(=O)Cn1cc(CN)nn1. The number of rotatable bonds is 9. The summed E-state index contributed by atoms with van der Waals surface area (Å²) < 4.78 is 6.71. The number of ether oxygens (including phenoxy) is 1. The van der Waals surface area contributed by atoms with Gasteiger partial charge >= 0.3 is 0 Å². The van der Waals surface area contributed by atoms with Gasteiger partial charge in [-0.25, -0.2) is 4.68 Å². The van der Waals surface area contributed by atoms with Gasteiger partial charge in [0.25, 0.3) is 0 Å². The molecule has 1 amide bonds. The Bertz CT molecular complexity index is 377. The zero-order chi connectivity index (χ0) is 13.2. The third-order valence-corrected chi connectivity index (χ3v) is 2.14. The quantitative estimate of drug-likeness (QED) is 0.454. The zero-order valence-electron chi connectivity index (χ0n) is 10.3. The monoisotopic (exact) mass is 253 g/mol. The molecule has 1 aromatic heterocycles. The second-order valence-corrected chi connectivity index (χ2v) is 3.65. The lowest BCUT2D eigenvalue weighted by molar-refractivity contribution is -0.122. The fourth-order valence-electron chi connectivity index (χ4n) is 1.24. The molecule has 0 aliphatic rings. The van der Waals surface area contributed by atoms with Crippen molar-refractivity contribution in [1.29, 1.82) is 0 Å². The molecule has 0 saturated heterocycles. The van der Waals surface area contributed by atoms with E-state index in [4.69, 9.17) is 10.5 Å². The summed E-state index contributed by atoms with van der Waals surface area (Å²) in [6.45, 7) is 5.64. The van der Waals surface area contributed by atoms with E-state index in [9.17, 15) is 4.79 Å². The highest BCUT2D eigenvalue weighted by atomic mass is 16.5. The van der Waals surface area contributed by atoms with Gasteiger partial charge in [-0.1, -0.05) is 11.3 Å². The van der Waals surface area contributed by atoms with E-state index < -0.39 is 0 Å². The maximum Gasteiger partial charge on any atom is 0.241 e. The average Bonchev–Trinajstić information content (AvgIpc) is 2.81. The van der Waals surface area contributed by atoms with Crippen LogP contribution in [0.1, 0.15) is 12.1 Å². The number of nitrogens with zero attached hydrogens (tertiary/aromatic N) is 3. The van der Waals surface area contributed by atoms with Gasteiger partial charge in [0.05, 0.1) is 25.1 Å². The Kier molecular flexibility index (Phi) is 6.67. The minimum atomic E-state index is -0.129. The van der Waals surface area contributed by atoms with Crippen LogP contribution in [0, 0.1) is 0 Å². The third kappa shape index (κ3) is 5.55. The Morgan fingerprint density at radius 3 is 3.11 bits per heavy atom. The Hall–Kier alpha value is -1.73. The molecule has 1 heterocycles. The van der Waals surface area contributed by atoms with E-state index in [0.29, 0.717) is 32.0 Å². The Balaban J connectivity index is 2.11. The molecule has 7 nitrogen and oxygen atoms in total. The summed E-state index contributed by atoms with van der Waals surface area (Å²) in [5.41, 5.74) is 6.05. The molecule has 1 aromatic rings. The zero-order valence-corrected chi connectivity index (χ0v) is 10.3. The van der Waals surface area contributed by atoms with Gasteiger partial charge in [0, 0.05) is 13.1 Å². The van der Waals surface area contributed by atoms with Crippen molar-refractivity contribution < 1.29 is 9.53 Å². The minimum Gasteiger partial charge on any atom is -0.379 e. The molecular weight excluding hydrogens is 234 g/mol. The molecule has 0 atom stereocenters. The van der Waals surface area contributed by atoms with E-state index in [2.05, 4.69) is 22.2 Å². The lowest BCUT2D eigenvalue weighted by atomic mass is 10.4. The first-order chi connectivity index (χ1) is 8.76. The van der Waals surface area contributed by atoms with E-state index >= 15 is 0 Å². The molecular formula is C11H19N5O2. The van der Waals surface area contributed by atoms with Crippen LogP contribution in [0.25, 0.3) is 0 Å². The van der Waals surface area contributed by atoms with E-state index in [0.717, 1.165) is 6.42 Å². The van der Waals surface area contributed by atoms with Crippen LogP contribution in [0.5, 0.6) is 0 Å². The first-order valence-electron chi connectivity index (χ1n) is 5.80. The standard InChI is InChI=1S/C11H19N5O2/c1-2-3-5-18-6-4-13-11(17)9-16-8-10(7-12)14-15-16/h2,8H,1,3-7,9,12H2,(H,13,17).